The van der Waals surface area contributed by atoms with Crippen LogP contribution in [0.25, 0.3) is 0 Å². The molecule has 0 saturated carbocycles. The van der Waals surface area contributed by atoms with E-state index in [1.54, 1.807) is 4.68 Å². The average Bonchev–Trinajstić information content (AvgIpc) is 2.63. The molecule has 0 radical (unpaired) electrons. The Hall–Kier alpha value is -1.29. The minimum absolute atomic E-state index is 0.665. The molecule has 0 unspecified atom stereocenters. The summed E-state index contributed by atoms with van der Waals surface area (Å²) in [4.78, 5) is 0. The van der Waals surface area contributed by atoms with E-state index in [9.17, 15) is 0 Å². The van der Waals surface area contributed by atoms with Crippen molar-refractivity contribution in [3.8, 4) is 0 Å². The number of aromatic nitrogens is 3. The molecule has 0 aliphatic rings. The van der Waals surface area contributed by atoms with Gasteiger partial charge in [-0.2, -0.15) is 0 Å². The molecule has 14 heavy (non-hydrogen) atoms. The number of aryl methyl sites for hydroxylation is 2. The molecule has 3 nitrogen and oxygen atoms in total. The lowest BCUT2D eigenvalue weighted by atomic mass is 10.2. The van der Waals surface area contributed by atoms with Crippen molar-refractivity contribution in [2.75, 3.05) is 0 Å². The second-order valence-electron chi connectivity index (χ2n) is 3.08. The van der Waals surface area contributed by atoms with Crippen molar-refractivity contribution in [1.29, 1.82) is 0 Å². The molecule has 72 valence electrons. The summed E-state index contributed by atoms with van der Waals surface area (Å²) in [5, 5.41) is 8.39. The van der Waals surface area contributed by atoms with Crippen LogP contribution in [0.15, 0.2) is 41.6 Å². The molecule has 2 rings (SSSR count). The Morgan fingerprint density at radius 2 is 2.00 bits per heavy atom. The Bertz CT molecular complexity index is 397. The van der Waals surface area contributed by atoms with Crippen LogP contribution in [0.3, 0.4) is 0 Å². The molecule has 0 amide bonds. The fourth-order valence-electron chi connectivity index (χ4n) is 1.29. The lowest BCUT2D eigenvalue weighted by Gasteiger charge is -1.99. The first kappa shape index (κ1) is 9.27. The second kappa shape index (κ2) is 4.28. The molecule has 0 aliphatic carbocycles. The maximum Gasteiger partial charge on any atom is 0.135 e. The molecule has 0 spiro atoms. The zero-order chi connectivity index (χ0) is 9.80. The predicted octanol–water partition coefficient (Wildman–Crippen LogP) is 1.81. The Morgan fingerprint density at radius 1 is 1.21 bits per heavy atom. The topological polar surface area (TPSA) is 30.7 Å². The van der Waals surface area contributed by atoms with Gasteiger partial charge < -0.3 is 0 Å². The minimum Gasteiger partial charge on any atom is -0.251 e. The molecule has 0 N–H and O–H groups in total. The predicted molar refractivity (Wildman–Crippen MR) is 57.4 cm³/mol. The SMILES string of the molecule is Sc1cn(CCc2ccccc2)nn1. The van der Waals surface area contributed by atoms with Crippen LogP contribution in [0.2, 0.25) is 0 Å². The highest BCUT2D eigenvalue weighted by Gasteiger charge is 1.96. The van der Waals surface area contributed by atoms with E-state index in [1.807, 2.05) is 24.4 Å². The molecule has 0 aliphatic heterocycles. The van der Waals surface area contributed by atoms with Gasteiger partial charge in [-0.05, 0) is 12.0 Å². The van der Waals surface area contributed by atoms with Crippen LogP contribution >= 0.6 is 12.6 Å². The van der Waals surface area contributed by atoms with Gasteiger partial charge in [-0.25, -0.2) is 0 Å². The standard InChI is InChI=1S/C10H11N3S/c14-10-8-13(12-11-10)7-6-9-4-2-1-3-5-9/h1-5,8,14H,6-7H2. The van der Waals surface area contributed by atoms with Crippen molar-refractivity contribution in [2.45, 2.75) is 18.0 Å². The zero-order valence-corrected chi connectivity index (χ0v) is 8.56. The van der Waals surface area contributed by atoms with E-state index in [-0.39, 0.29) is 0 Å². The molecule has 2 aromatic rings. The first-order chi connectivity index (χ1) is 6.84. The van der Waals surface area contributed by atoms with Crippen molar-refractivity contribution < 1.29 is 0 Å². The van der Waals surface area contributed by atoms with Crippen LogP contribution in [-0.2, 0) is 13.0 Å². The van der Waals surface area contributed by atoms with Crippen molar-refractivity contribution in [3.63, 3.8) is 0 Å². The van der Waals surface area contributed by atoms with E-state index in [0.717, 1.165) is 13.0 Å². The van der Waals surface area contributed by atoms with E-state index in [1.165, 1.54) is 5.56 Å². The van der Waals surface area contributed by atoms with Crippen LogP contribution < -0.4 is 0 Å². The highest BCUT2D eigenvalue weighted by molar-refractivity contribution is 7.80. The van der Waals surface area contributed by atoms with Gasteiger partial charge in [0.05, 0.1) is 6.20 Å². The van der Waals surface area contributed by atoms with E-state index in [0.29, 0.717) is 5.03 Å². The van der Waals surface area contributed by atoms with Crippen molar-refractivity contribution in [3.05, 3.63) is 42.1 Å². The number of nitrogens with zero attached hydrogens (tertiary/aromatic N) is 3. The monoisotopic (exact) mass is 205 g/mol. The molecule has 1 aromatic heterocycles. The number of hydrogen-bond donors (Lipinski definition) is 1. The normalized spacial score (nSPS) is 10.4. The molecule has 0 atom stereocenters. The molecule has 1 aromatic carbocycles. The van der Waals surface area contributed by atoms with Gasteiger partial charge in [0.1, 0.15) is 5.03 Å². The fraction of sp³-hybridized carbons (Fsp3) is 0.200. The van der Waals surface area contributed by atoms with Crippen LogP contribution in [-0.4, -0.2) is 15.0 Å². The van der Waals surface area contributed by atoms with Gasteiger partial charge in [0.15, 0.2) is 0 Å². The lowest BCUT2D eigenvalue weighted by Crippen LogP contribution is -2.01. The van der Waals surface area contributed by atoms with Gasteiger partial charge in [0, 0.05) is 6.54 Å². The second-order valence-corrected chi connectivity index (χ2v) is 3.53. The number of thiol groups is 1. The van der Waals surface area contributed by atoms with Crippen LogP contribution in [0, 0.1) is 0 Å². The molecule has 0 fully saturated rings. The van der Waals surface area contributed by atoms with Crippen molar-refractivity contribution in [1.82, 2.24) is 15.0 Å². The molecule has 4 heteroatoms. The van der Waals surface area contributed by atoms with E-state index < -0.39 is 0 Å². The van der Waals surface area contributed by atoms with Crippen molar-refractivity contribution >= 4 is 12.6 Å². The van der Waals surface area contributed by atoms with E-state index in [4.69, 9.17) is 0 Å². The zero-order valence-electron chi connectivity index (χ0n) is 7.67. The van der Waals surface area contributed by atoms with Gasteiger partial charge >= 0.3 is 0 Å². The maximum absolute atomic E-state index is 4.09. The Balaban J connectivity index is 1.95. The van der Waals surface area contributed by atoms with Crippen molar-refractivity contribution in [2.24, 2.45) is 0 Å². The Morgan fingerprint density at radius 3 is 2.64 bits per heavy atom. The van der Waals surface area contributed by atoms with E-state index >= 15 is 0 Å². The number of benzene rings is 1. The largest absolute Gasteiger partial charge is 0.251 e. The number of rotatable bonds is 3. The molecule has 1 heterocycles. The first-order valence-electron chi connectivity index (χ1n) is 4.47. The smallest absolute Gasteiger partial charge is 0.135 e. The van der Waals surface area contributed by atoms with E-state index in [2.05, 4.69) is 35.1 Å². The summed E-state index contributed by atoms with van der Waals surface area (Å²) < 4.78 is 1.80. The summed E-state index contributed by atoms with van der Waals surface area (Å²) in [7, 11) is 0. The molecular formula is C10H11N3S. The highest BCUT2D eigenvalue weighted by Crippen LogP contribution is 2.02. The highest BCUT2D eigenvalue weighted by atomic mass is 32.1. The maximum atomic E-state index is 4.09. The summed E-state index contributed by atoms with van der Waals surface area (Å²) in [5.74, 6) is 0. The summed E-state index contributed by atoms with van der Waals surface area (Å²) >= 11 is 4.09. The van der Waals surface area contributed by atoms with Gasteiger partial charge in [0.2, 0.25) is 0 Å². The first-order valence-corrected chi connectivity index (χ1v) is 4.92. The Kier molecular flexibility index (Phi) is 2.84. The summed E-state index contributed by atoms with van der Waals surface area (Å²) in [6, 6.07) is 10.3. The van der Waals surface area contributed by atoms with Crippen LogP contribution in [0.5, 0.6) is 0 Å². The molecule has 0 saturated heterocycles. The van der Waals surface area contributed by atoms with Gasteiger partial charge in [-0.15, -0.1) is 17.7 Å². The van der Waals surface area contributed by atoms with Crippen LogP contribution in [0.4, 0.5) is 0 Å². The number of hydrogen-bond acceptors (Lipinski definition) is 3. The third kappa shape index (κ3) is 2.35. The van der Waals surface area contributed by atoms with Gasteiger partial charge in [-0.1, -0.05) is 35.5 Å². The average molecular weight is 205 g/mol. The Labute approximate surface area is 88.2 Å². The third-order valence-corrected chi connectivity index (χ3v) is 2.20. The summed E-state index contributed by atoms with van der Waals surface area (Å²) in [6.45, 7) is 0.845. The summed E-state index contributed by atoms with van der Waals surface area (Å²) in [6.07, 6.45) is 2.80. The quantitative estimate of drug-likeness (QED) is 0.775. The summed E-state index contributed by atoms with van der Waals surface area (Å²) in [5.41, 5.74) is 1.31. The molecule has 0 bridgehead atoms. The lowest BCUT2D eigenvalue weighted by molar-refractivity contribution is 0.589. The van der Waals surface area contributed by atoms with Gasteiger partial charge in [0.25, 0.3) is 0 Å². The third-order valence-electron chi connectivity index (χ3n) is 2.00. The van der Waals surface area contributed by atoms with Crippen LogP contribution in [0.1, 0.15) is 5.56 Å². The minimum atomic E-state index is 0.665. The fourth-order valence-corrected chi connectivity index (χ4v) is 1.46. The van der Waals surface area contributed by atoms with Gasteiger partial charge in [-0.3, -0.25) is 4.68 Å². The molecular weight excluding hydrogens is 194 g/mol.